The van der Waals surface area contributed by atoms with E-state index in [-0.39, 0.29) is 0 Å². The Kier molecular flexibility index (Phi) is 5.33. The quantitative estimate of drug-likeness (QED) is 0.853. The minimum absolute atomic E-state index is 0.685. The number of rotatable bonds is 4. The molecule has 1 fully saturated rings. The lowest BCUT2D eigenvalue weighted by Crippen LogP contribution is -2.33. The predicted octanol–water partition coefficient (Wildman–Crippen LogP) is 4.74. The summed E-state index contributed by atoms with van der Waals surface area (Å²) in [5.74, 6) is 3.98. The highest BCUT2D eigenvalue weighted by atomic mass is 35.5. The van der Waals surface area contributed by atoms with Crippen LogP contribution in [0, 0.1) is 19.8 Å². The van der Waals surface area contributed by atoms with E-state index >= 15 is 0 Å². The fraction of sp³-hybridized carbons (Fsp3) is 0.474. The zero-order valence-corrected chi connectivity index (χ0v) is 16.0. The van der Waals surface area contributed by atoms with Crippen LogP contribution in [0.1, 0.15) is 31.2 Å². The van der Waals surface area contributed by atoms with Gasteiger partial charge in [-0.3, -0.25) is 0 Å². The summed E-state index contributed by atoms with van der Waals surface area (Å²) in [5.41, 5.74) is 1.83. The summed E-state index contributed by atoms with van der Waals surface area (Å²) in [6, 6.07) is 5.80. The van der Waals surface area contributed by atoms with Crippen molar-refractivity contribution in [3.8, 4) is 5.75 Å². The lowest BCUT2D eigenvalue weighted by atomic mass is 9.99. The smallest absolute Gasteiger partial charge is 0.143 e. The molecule has 25 heavy (non-hydrogen) atoms. The zero-order chi connectivity index (χ0) is 18.0. The van der Waals surface area contributed by atoms with Crippen molar-refractivity contribution in [3.63, 3.8) is 0 Å². The van der Waals surface area contributed by atoms with Gasteiger partial charge in [-0.05, 0) is 44.2 Å². The first-order chi connectivity index (χ1) is 12.0. The van der Waals surface area contributed by atoms with Gasteiger partial charge in [-0.25, -0.2) is 9.97 Å². The van der Waals surface area contributed by atoms with Crippen molar-refractivity contribution in [1.82, 2.24) is 9.97 Å². The summed E-state index contributed by atoms with van der Waals surface area (Å²) in [4.78, 5) is 11.5. The Hall–Kier alpha value is -2.01. The normalized spacial score (nSPS) is 15.3. The highest BCUT2D eigenvalue weighted by Gasteiger charge is 2.18. The Balaban J connectivity index is 1.87. The Bertz CT molecular complexity index is 757. The van der Waals surface area contributed by atoms with Gasteiger partial charge in [0.2, 0.25) is 0 Å². The molecule has 2 aromatic rings. The summed E-state index contributed by atoms with van der Waals surface area (Å²) in [5, 5.41) is 4.04. The lowest BCUT2D eigenvalue weighted by Gasteiger charge is -2.31. The second-order valence-corrected chi connectivity index (χ2v) is 7.16. The molecule has 1 aliphatic heterocycles. The fourth-order valence-electron chi connectivity index (χ4n) is 3.08. The van der Waals surface area contributed by atoms with Crippen LogP contribution in [0.5, 0.6) is 5.75 Å². The third kappa shape index (κ3) is 4.15. The van der Waals surface area contributed by atoms with Crippen LogP contribution >= 0.6 is 11.6 Å². The molecule has 0 radical (unpaired) electrons. The second-order valence-electron chi connectivity index (χ2n) is 6.75. The number of hydrogen-bond acceptors (Lipinski definition) is 5. The van der Waals surface area contributed by atoms with E-state index in [0.29, 0.717) is 10.8 Å². The van der Waals surface area contributed by atoms with E-state index in [2.05, 4.69) is 27.1 Å². The Morgan fingerprint density at radius 2 is 1.88 bits per heavy atom. The van der Waals surface area contributed by atoms with E-state index in [9.17, 15) is 0 Å². The van der Waals surface area contributed by atoms with Crippen molar-refractivity contribution < 1.29 is 4.74 Å². The minimum atomic E-state index is 0.685. The van der Waals surface area contributed by atoms with Crippen LogP contribution in [-0.2, 0) is 0 Å². The van der Waals surface area contributed by atoms with Gasteiger partial charge in [0.25, 0.3) is 0 Å². The van der Waals surface area contributed by atoms with Crippen molar-refractivity contribution in [2.75, 3.05) is 30.4 Å². The van der Waals surface area contributed by atoms with Crippen LogP contribution in [-0.4, -0.2) is 30.2 Å². The number of nitrogens with zero attached hydrogens (tertiary/aromatic N) is 3. The molecule has 0 amide bonds. The van der Waals surface area contributed by atoms with E-state index in [1.54, 1.807) is 7.11 Å². The molecule has 0 saturated carbocycles. The lowest BCUT2D eigenvalue weighted by molar-refractivity contribution is 0.416. The number of hydrogen-bond donors (Lipinski definition) is 1. The number of benzene rings is 1. The number of aromatic nitrogens is 2. The van der Waals surface area contributed by atoms with Gasteiger partial charge in [-0.1, -0.05) is 18.5 Å². The SMILES string of the molecule is COc1cc(Cl)c(C)cc1Nc1cc(N2CCC(C)CC2)nc(C)n1. The average Bonchev–Trinajstić information content (AvgIpc) is 2.58. The monoisotopic (exact) mass is 360 g/mol. The summed E-state index contributed by atoms with van der Waals surface area (Å²) in [6.45, 7) is 8.29. The number of nitrogens with one attached hydrogen (secondary N) is 1. The van der Waals surface area contributed by atoms with E-state index in [0.717, 1.165) is 47.7 Å². The number of aryl methyl sites for hydroxylation is 2. The number of ether oxygens (including phenoxy) is 1. The van der Waals surface area contributed by atoms with Crippen LogP contribution < -0.4 is 15.0 Å². The van der Waals surface area contributed by atoms with Crippen LogP contribution in [0.2, 0.25) is 5.02 Å². The van der Waals surface area contributed by atoms with Gasteiger partial charge < -0.3 is 15.0 Å². The van der Waals surface area contributed by atoms with Crippen molar-refractivity contribution in [2.24, 2.45) is 5.92 Å². The van der Waals surface area contributed by atoms with Gasteiger partial charge >= 0.3 is 0 Å². The van der Waals surface area contributed by atoms with Crippen molar-refractivity contribution >= 4 is 28.9 Å². The predicted molar refractivity (Wildman–Crippen MR) is 103 cm³/mol. The Morgan fingerprint density at radius 1 is 1.16 bits per heavy atom. The largest absolute Gasteiger partial charge is 0.495 e. The fourth-order valence-corrected chi connectivity index (χ4v) is 3.24. The standard InChI is InChI=1S/C19H25ClN4O/c1-12-5-7-24(8-6-12)19-11-18(21-14(3)22-19)23-16-9-13(2)15(20)10-17(16)25-4/h9-12H,5-8H2,1-4H3,(H,21,22,23). The molecule has 1 saturated heterocycles. The maximum atomic E-state index is 6.19. The van der Waals surface area contributed by atoms with Crippen molar-refractivity contribution in [3.05, 3.63) is 34.6 Å². The summed E-state index contributed by atoms with van der Waals surface area (Å²) < 4.78 is 5.44. The molecule has 1 N–H and O–H groups in total. The third-order valence-corrected chi connectivity index (χ3v) is 5.08. The maximum absolute atomic E-state index is 6.19. The number of piperidine rings is 1. The molecule has 5 nitrogen and oxygen atoms in total. The van der Waals surface area contributed by atoms with Crippen LogP contribution in [0.4, 0.5) is 17.3 Å². The topological polar surface area (TPSA) is 50.3 Å². The highest BCUT2D eigenvalue weighted by molar-refractivity contribution is 6.31. The molecule has 2 heterocycles. The molecule has 0 spiro atoms. The first-order valence-electron chi connectivity index (χ1n) is 8.68. The van der Waals surface area contributed by atoms with Crippen molar-refractivity contribution in [2.45, 2.75) is 33.6 Å². The molecule has 0 aliphatic carbocycles. The second kappa shape index (κ2) is 7.48. The van der Waals surface area contributed by atoms with Gasteiger partial charge in [-0.15, -0.1) is 0 Å². The number of anilines is 3. The minimum Gasteiger partial charge on any atom is -0.495 e. The highest BCUT2D eigenvalue weighted by Crippen LogP contribution is 2.33. The van der Waals surface area contributed by atoms with Gasteiger partial charge in [0.05, 0.1) is 12.8 Å². The Labute approximate surface area is 154 Å². The first-order valence-corrected chi connectivity index (χ1v) is 9.06. The molecule has 3 rings (SSSR count). The van der Waals surface area contributed by atoms with E-state index in [1.807, 2.05) is 32.0 Å². The third-order valence-electron chi connectivity index (χ3n) is 4.68. The molecular weight excluding hydrogens is 336 g/mol. The molecular formula is C19H25ClN4O. The molecule has 1 aromatic heterocycles. The van der Waals surface area contributed by atoms with Crippen LogP contribution in [0.3, 0.4) is 0 Å². The first kappa shape index (κ1) is 17.8. The molecule has 0 bridgehead atoms. The van der Waals surface area contributed by atoms with Gasteiger partial charge in [-0.2, -0.15) is 0 Å². The summed E-state index contributed by atoms with van der Waals surface area (Å²) in [6.07, 6.45) is 2.41. The summed E-state index contributed by atoms with van der Waals surface area (Å²) >= 11 is 6.19. The van der Waals surface area contributed by atoms with Gasteiger partial charge in [0.15, 0.2) is 0 Å². The van der Waals surface area contributed by atoms with E-state index in [4.69, 9.17) is 16.3 Å². The maximum Gasteiger partial charge on any atom is 0.143 e. The van der Waals surface area contributed by atoms with Crippen LogP contribution in [0.15, 0.2) is 18.2 Å². The molecule has 0 unspecified atom stereocenters. The number of methoxy groups -OCH3 is 1. The number of halogens is 1. The van der Waals surface area contributed by atoms with Crippen molar-refractivity contribution in [1.29, 1.82) is 0 Å². The molecule has 1 aliphatic rings. The molecule has 0 atom stereocenters. The van der Waals surface area contributed by atoms with E-state index < -0.39 is 0 Å². The average molecular weight is 361 g/mol. The zero-order valence-electron chi connectivity index (χ0n) is 15.3. The van der Waals surface area contributed by atoms with Gasteiger partial charge in [0, 0.05) is 30.2 Å². The van der Waals surface area contributed by atoms with Crippen LogP contribution in [0.25, 0.3) is 0 Å². The molecule has 6 heteroatoms. The molecule has 1 aromatic carbocycles. The Morgan fingerprint density at radius 3 is 2.56 bits per heavy atom. The molecule has 134 valence electrons. The van der Waals surface area contributed by atoms with E-state index in [1.165, 1.54) is 12.8 Å². The van der Waals surface area contributed by atoms with Gasteiger partial charge in [0.1, 0.15) is 23.2 Å². The summed E-state index contributed by atoms with van der Waals surface area (Å²) in [7, 11) is 1.64.